The molecule has 1 aromatic heterocycles. The van der Waals surface area contributed by atoms with Crippen LogP contribution in [0.25, 0.3) is 0 Å². The summed E-state index contributed by atoms with van der Waals surface area (Å²) in [5.74, 6) is 1.14. The van der Waals surface area contributed by atoms with Crippen LogP contribution in [-0.2, 0) is 11.2 Å². The van der Waals surface area contributed by atoms with Gasteiger partial charge in [0, 0.05) is 11.5 Å². The topological polar surface area (TPSA) is 55.0 Å². The van der Waals surface area contributed by atoms with Crippen LogP contribution >= 0.6 is 0 Å². The van der Waals surface area contributed by atoms with Crippen LogP contribution in [0.2, 0.25) is 0 Å². The highest BCUT2D eigenvalue weighted by Crippen LogP contribution is 2.43. The Morgan fingerprint density at radius 1 is 1.47 bits per heavy atom. The van der Waals surface area contributed by atoms with E-state index in [0.29, 0.717) is 12.0 Å². The number of aromatic nitrogens is 2. The summed E-state index contributed by atoms with van der Waals surface area (Å²) < 4.78 is 5.82. The van der Waals surface area contributed by atoms with E-state index in [0.717, 1.165) is 42.8 Å². The first-order valence-corrected chi connectivity index (χ1v) is 6.44. The number of fused-ring (bicyclic) bond motifs is 2. The first kappa shape index (κ1) is 11.0. The van der Waals surface area contributed by atoms with Gasteiger partial charge in [0.05, 0.1) is 17.9 Å². The van der Waals surface area contributed by atoms with Crippen LogP contribution in [0.3, 0.4) is 0 Å². The minimum Gasteiger partial charge on any atom is -0.374 e. The van der Waals surface area contributed by atoms with Crippen LogP contribution in [0.1, 0.15) is 49.2 Å². The summed E-state index contributed by atoms with van der Waals surface area (Å²) in [6.07, 6.45) is 4.76. The van der Waals surface area contributed by atoms with Gasteiger partial charge in [-0.3, -0.25) is 4.79 Å². The van der Waals surface area contributed by atoms with Gasteiger partial charge in [0.1, 0.15) is 5.82 Å². The average Bonchev–Trinajstić information content (AvgIpc) is 2.94. The van der Waals surface area contributed by atoms with Crippen molar-refractivity contribution in [2.75, 3.05) is 0 Å². The molecule has 0 spiro atoms. The molecule has 0 saturated carbocycles. The van der Waals surface area contributed by atoms with E-state index in [1.807, 2.05) is 13.8 Å². The fourth-order valence-electron chi connectivity index (χ4n) is 3.04. The summed E-state index contributed by atoms with van der Waals surface area (Å²) >= 11 is 0. The minimum absolute atomic E-state index is 0.00891. The fourth-order valence-corrected chi connectivity index (χ4v) is 3.04. The number of nitrogens with one attached hydrogen (secondary N) is 1. The maximum absolute atomic E-state index is 11.8. The number of hydrogen-bond acceptors (Lipinski definition) is 3. The van der Waals surface area contributed by atoms with Crippen LogP contribution in [0.4, 0.5) is 0 Å². The van der Waals surface area contributed by atoms with E-state index in [1.54, 1.807) is 0 Å². The molecule has 4 heteroatoms. The molecule has 2 aliphatic rings. The lowest BCUT2D eigenvalue weighted by Crippen LogP contribution is -2.24. The molecule has 2 aliphatic heterocycles. The number of H-pyrrole nitrogens is 1. The quantitative estimate of drug-likeness (QED) is 0.847. The molecule has 1 N–H and O–H groups in total. The lowest BCUT2D eigenvalue weighted by molar-refractivity contribution is 0.0998. The van der Waals surface area contributed by atoms with Gasteiger partial charge < -0.3 is 9.72 Å². The van der Waals surface area contributed by atoms with E-state index >= 15 is 0 Å². The highest BCUT2D eigenvalue weighted by atomic mass is 16.5. The molecule has 3 atom stereocenters. The van der Waals surface area contributed by atoms with E-state index in [1.165, 1.54) is 0 Å². The molecule has 2 bridgehead atoms. The second kappa shape index (κ2) is 3.95. The molecule has 3 unspecified atom stereocenters. The van der Waals surface area contributed by atoms with Crippen molar-refractivity contribution in [3.63, 3.8) is 0 Å². The van der Waals surface area contributed by atoms with Crippen molar-refractivity contribution in [1.82, 2.24) is 9.97 Å². The zero-order valence-corrected chi connectivity index (χ0v) is 10.3. The van der Waals surface area contributed by atoms with Crippen LogP contribution in [0.15, 0.2) is 4.79 Å². The molecule has 0 radical (unpaired) electrons. The number of nitrogens with zero attached hydrogens (tertiary/aromatic N) is 1. The Hall–Kier alpha value is -1.16. The highest BCUT2D eigenvalue weighted by molar-refractivity contribution is 5.19. The van der Waals surface area contributed by atoms with Gasteiger partial charge in [0.15, 0.2) is 0 Å². The molecule has 2 saturated heterocycles. The molecule has 0 aliphatic carbocycles. The Kier molecular flexibility index (Phi) is 2.54. The second-order valence-electron chi connectivity index (χ2n) is 5.09. The van der Waals surface area contributed by atoms with Crippen molar-refractivity contribution < 1.29 is 4.74 Å². The third kappa shape index (κ3) is 1.71. The SMILES string of the molecule is CCc1nc(C2CC3CCC2O3)[nH]c(=O)c1C. The summed E-state index contributed by atoms with van der Waals surface area (Å²) in [5, 5.41) is 0. The van der Waals surface area contributed by atoms with Crippen molar-refractivity contribution in [2.24, 2.45) is 0 Å². The highest BCUT2D eigenvalue weighted by Gasteiger charge is 2.42. The average molecular weight is 234 g/mol. The molecular formula is C13H18N2O2. The third-order valence-corrected chi connectivity index (χ3v) is 4.06. The number of ether oxygens (including phenoxy) is 1. The van der Waals surface area contributed by atoms with Gasteiger partial charge in [-0.2, -0.15) is 0 Å². The van der Waals surface area contributed by atoms with Gasteiger partial charge in [-0.1, -0.05) is 6.92 Å². The molecule has 0 aromatic carbocycles. The Morgan fingerprint density at radius 3 is 2.88 bits per heavy atom. The zero-order chi connectivity index (χ0) is 12.0. The van der Waals surface area contributed by atoms with Gasteiger partial charge in [-0.05, 0) is 32.6 Å². The first-order valence-electron chi connectivity index (χ1n) is 6.44. The van der Waals surface area contributed by atoms with E-state index < -0.39 is 0 Å². The van der Waals surface area contributed by atoms with Crippen LogP contribution in [0, 0.1) is 6.92 Å². The molecule has 92 valence electrons. The standard InChI is InChI=1S/C13H18N2O2/c1-3-10-7(2)13(16)15-12(14-10)9-6-8-4-5-11(9)17-8/h8-9,11H,3-6H2,1-2H3,(H,14,15,16). The molecule has 0 amide bonds. The number of hydrogen-bond donors (Lipinski definition) is 1. The Balaban J connectivity index is 1.98. The molecule has 3 rings (SSSR count). The van der Waals surface area contributed by atoms with Crippen molar-refractivity contribution in [1.29, 1.82) is 0 Å². The first-order chi connectivity index (χ1) is 8.19. The maximum atomic E-state index is 11.8. The number of aryl methyl sites for hydroxylation is 1. The Bertz CT molecular complexity index is 495. The Labute approximate surface area is 100 Å². The summed E-state index contributed by atoms with van der Waals surface area (Å²) in [6, 6.07) is 0. The molecular weight excluding hydrogens is 216 g/mol. The van der Waals surface area contributed by atoms with Gasteiger partial charge in [0.25, 0.3) is 5.56 Å². The van der Waals surface area contributed by atoms with Crippen molar-refractivity contribution >= 4 is 0 Å². The van der Waals surface area contributed by atoms with Crippen molar-refractivity contribution in [2.45, 2.75) is 57.7 Å². The largest absolute Gasteiger partial charge is 0.374 e. The predicted molar refractivity (Wildman–Crippen MR) is 64.2 cm³/mol. The summed E-state index contributed by atoms with van der Waals surface area (Å²) in [5.41, 5.74) is 1.68. The van der Waals surface area contributed by atoms with Gasteiger partial charge in [-0.15, -0.1) is 0 Å². The lowest BCUT2D eigenvalue weighted by atomic mass is 9.88. The van der Waals surface area contributed by atoms with E-state index in [-0.39, 0.29) is 11.7 Å². The van der Waals surface area contributed by atoms with Crippen molar-refractivity contribution in [3.05, 3.63) is 27.4 Å². The van der Waals surface area contributed by atoms with Gasteiger partial charge >= 0.3 is 0 Å². The summed E-state index contributed by atoms with van der Waals surface area (Å²) in [6.45, 7) is 3.88. The smallest absolute Gasteiger partial charge is 0.254 e. The lowest BCUT2D eigenvalue weighted by Gasteiger charge is -2.18. The summed E-state index contributed by atoms with van der Waals surface area (Å²) in [4.78, 5) is 19.4. The van der Waals surface area contributed by atoms with E-state index in [9.17, 15) is 4.79 Å². The fraction of sp³-hybridized carbons (Fsp3) is 0.692. The monoisotopic (exact) mass is 234 g/mol. The molecule has 3 heterocycles. The van der Waals surface area contributed by atoms with Gasteiger partial charge in [0.2, 0.25) is 0 Å². The zero-order valence-electron chi connectivity index (χ0n) is 10.3. The van der Waals surface area contributed by atoms with Crippen LogP contribution in [-0.4, -0.2) is 22.2 Å². The molecule has 17 heavy (non-hydrogen) atoms. The Morgan fingerprint density at radius 2 is 2.29 bits per heavy atom. The molecule has 1 aromatic rings. The number of rotatable bonds is 2. The summed E-state index contributed by atoms with van der Waals surface area (Å²) in [7, 11) is 0. The van der Waals surface area contributed by atoms with Crippen LogP contribution in [0.5, 0.6) is 0 Å². The number of aromatic amines is 1. The maximum Gasteiger partial charge on any atom is 0.254 e. The van der Waals surface area contributed by atoms with E-state index in [4.69, 9.17) is 4.74 Å². The second-order valence-corrected chi connectivity index (χ2v) is 5.09. The van der Waals surface area contributed by atoms with E-state index in [2.05, 4.69) is 9.97 Å². The third-order valence-electron chi connectivity index (χ3n) is 4.06. The molecule has 4 nitrogen and oxygen atoms in total. The predicted octanol–water partition coefficient (Wildman–Crippen LogP) is 1.68. The molecule has 2 fully saturated rings. The van der Waals surface area contributed by atoms with Crippen LogP contribution < -0.4 is 5.56 Å². The van der Waals surface area contributed by atoms with Crippen molar-refractivity contribution in [3.8, 4) is 0 Å². The normalized spacial score (nSPS) is 31.1. The van der Waals surface area contributed by atoms with Gasteiger partial charge in [-0.25, -0.2) is 4.98 Å². The minimum atomic E-state index is 0.00891.